The third-order valence-corrected chi connectivity index (χ3v) is 5.72. The number of hydrogen-bond acceptors (Lipinski definition) is 7. The molecule has 0 saturated heterocycles. The number of hydrogen-bond donors (Lipinski definition) is 1. The summed E-state index contributed by atoms with van der Waals surface area (Å²) in [5.41, 5.74) is 1.04. The maximum atomic E-state index is 11.8. The predicted octanol–water partition coefficient (Wildman–Crippen LogP) is 2.59. The van der Waals surface area contributed by atoms with E-state index in [1.54, 1.807) is 28.3 Å². The number of methoxy groups -OCH3 is 3. The van der Waals surface area contributed by atoms with Gasteiger partial charge >= 0.3 is 0 Å². The smallest absolute Gasteiger partial charge is 0.217 e. The molecule has 0 aliphatic carbocycles. The van der Waals surface area contributed by atoms with Gasteiger partial charge in [0.1, 0.15) is 5.82 Å². The van der Waals surface area contributed by atoms with E-state index in [9.17, 15) is 4.79 Å². The Morgan fingerprint density at radius 2 is 1.81 bits per heavy atom. The molecule has 1 aliphatic heterocycles. The number of amides is 1. The first-order chi connectivity index (χ1) is 15.4. The van der Waals surface area contributed by atoms with Crippen LogP contribution >= 0.6 is 0 Å². The lowest BCUT2D eigenvalue weighted by molar-refractivity contribution is -0.119. The number of ether oxygens (including phenoxy) is 3. The molecule has 0 fully saturated rings. The van der Waals surface area contributed by atoms with Crippen LogP contribution in [0, 0.1) is 5.92 Å². The number of nitrogens with one attached hydrogen (secondary N) is 1. The number of aromatic nitrogens is 3. The molecule has 1 aromatic heterocycles. The monoisotopic (exact) mass is 445 g/mol. The summed E-state index contributed by atoms with van der Waals surface area (Å²) in [5, 5.41) is 12.0. The van der Waals surface area contributed by atoms with Crippen LogP contribution in [0.15, 0.2) is 12.1 Å². The van der Waals surface area contributed by atoms with Crippen molar-refractivity contribution in [3.8, 4) is 17.2 Å². The summed E-state index contributed by atoms with van der Waals surface area (Å²) in [5.74, 6) is 4.13. The molecule has 1 atom stereocenters. The zero-order valence-electron chi connectivity index (χ0n) is 20.0. The fourth-order valence-electron chi connectivity index (χ4n) is 4.28. The van der Waals surface area contributed by atoms with Gasteiger partial charge in [-0.3, -0.25) is 9.69 Å². The Balaban J connectivity index is 1.78. The van der Waals surface area contributed by atoms with E-state index in [0.717, 1.165) is 56.2 Å². The molecular formula is C23H35N5O4. The minimum Gasteiger partial charge on any atom is -0.493 e. The van der Waals surface area contributed by atoms with Crippen molar-refractivity contribution in [1.82, 2.24) is 25.0 Å². The van der Waals surface area contributed by atoms with Crippen LogP contribution in [0.3, 0.4) is 0 Å². The number of nitrogens with zero attached hydrogens (tertiary/aromatic N) is 4. The van der Waals surface area contributed by atoms with Crippen LogP contribution in [0.1, 0.15) is 50.4 Å². The Hall–Kier alpha value is -2.81. The molecule has 2 heterocycles. The van der Waals surface area contributed by atoms with E-state index in [1.807, 2.05) is 12.1 Å². The quantitative estimate of drug-likeness (QED) is 0.634. The van der Waals surface area contributed by atoms with E-state index in [2.05, 4.69) is 38.8 Å². The Kier molecular flexibility index (Phi) is 7.95. The first kappa shape index (κ1) is 23.8. The zero-order valence-corrected chi connectivity index (χ0v) is 20.0. The third kappa shape index (κ3) is 5.32. The molecule has 32 heavy (non-hydrogen) atoms. The molecule has 1 N–H and O–H groups in total. The first-order valence-corrected chi connectivity index (χ1v) is 11.1. The van der Waals surface area contributed by atoms with Gasteiger partial charge in [0.25, 0.3) is 0 Å². The summed E-state index contributed by atoms with van der Waals surface area (Å²) in [6.45, 7) is 9.01. The van der Waals surface area contributed by atoms with Gasteiger partial charge in [-0.25, -0.2) is 0 Å². The highest BCUT2D eigenvalue weighted by Gasteiger charge is 2.26. The van der Waals surface area contributed by atoms with E-state index in [0.29, 0.717) is 23.2 Å². The van der Waals surface area contributed by atoms with E-state index in [4.69, 9.17) is 14.2 Å². The van der Waals surface area contributed by atoms with Gasteiger partial charge in [0.15, 0.2) is 17.3 Å². The van der Waals surface area contributed by atoms with Crippen molar-refractivity contribution in [3.05, 3.63) is 29.3 Å². The Morgan fingerprint density at radius 3 is 2.44 bits per heavy atom. The first-order valence-electron chi connectivity index (χ1n) is 11.1. The van der Waals surface area contributed by atoms with Gasteiger partial charge in [-0.1, -0.05) is 19.9 Å². The van der Waals surface area contributed by atoms with Gasteiger partial charge in [0.05, 0.1) is 27.4 Å². The molecule has 9 nitrogen and oxygen atoms in total. The molecule has 2 aromatic rings. The van der Waals surface area contributed by atoms with Crippen LogP contribution in [0.2, 0.25) is 0 Å². The van der Waals surface area contributed by atoms with Crippen LogP contribution in [-0.2, 0) is 24.3 Å². The zero-order chi connectivity index (χ0) is 23.3. The second-order valence-electron chi connectivity index (χ2n) is 8.53. The largest absolute Gasteiger partial charge is 0.493 e. The lowest BCUT2D eigenvalue weighted by Crippen LogP contribution is -2.31. The van der Waals surface area contributed by atoms with E-state index in [-0.39, 0.29) is 11.9 Å². The topological polar surface area (TPSA) is 90.7 Å². The molecule has 0 saturated carbocycles. The van der Waals surface area contributed by atoms with Gasteiger partial charge < -0.3 is 24.1 Å². The third-order valence-electron chi connectivity index (χ3n) is 5.72. The average molecular weight is 446 g/mol. The summed E-state index contributed by atoms with van der Waals surface area (Å²) in [6.07, 6.45) is 1.61. The van der Waals surface area contributed by atoms with E-state index in [1.165, 1.54) is 0 Å². The van der Waals surface area contributed by atoms with Crippen molar-refractivity contribution >= 4 is 5.91 Å². The van der Waals surface area contributed by atoms with Gasteiger partial charge in [-0.15, -0.1) is 10.2 Å². The lowest BCUT2D eigenvalue weighted by atomic mass is 10.0. The highest BCUT2D eigenvalue weighted by Crippen LogP contribution is 2.40. The Bertz CT molecular complexity index is 927. The minimum atomic E-state index is -0.133. The van der Waals surface area contributed by atoms with Gasteiger partial charge in [-0.05, 0) is 18.4 Å². The maximum absolute atomic E-state index is 11.8. The van der Waals surface area contributed by atoms with Crippen molar-refractivity contribution in [3.63, 3.8) is 0 Å². The fraction of sp³-hybridized carbons (Fsp3) is 0.609. The van der Waals surface area contributed by atoms with Crippen molar-refractivity contribution < 1.29 is 19.0 Å². The molecule has 0 spiro atoms. The van der Waals surface area contributed by atoms with Crippen molar-refractivity contribution in [2.24, 2.45) is 5.92 Å². The van der Waals surface area contributed by atoms with Crippen LogP contribution in [0.4, 0.5) is 0 Å². The Labute approximate surface area is 190 Å². The van der Waals surface area contributed by atoms with E-state index < -0.39 is 0 Å². The average Bonchev–Trinajstić information content (AvgIpc) is 3.06. The minimum absolute atomic E-state index is 0.0520. The van der Waals surface area contributed by atoms with E-state index >= 15 is 0 Å². The second kappa shape index (κ2) is 10.7. The molecule has 176 valence electrons. The van der Waals surface area contributed by atoms with Crippen molar-refractivity contribution in [2.45, 2.75) is 52.7 Å². The predicted molar refractivity (Wildman–Crippen MR) is 121 cm³/mol. The summed E-state index contributed by atoms with van der Waals surface area (Å²) < 4.78 is 18.8. The standard InChI is InChI=1S/C23H35N5O4/c1-15(2)13-18(24-16(3)29)23-26-25-20-9-10-27(11-12-28(20)23)14-17-7-8-19(30-4)22(32-6)21(17)31-5/h7-8,15,18H,9-14H2,1-6H3,(H,24,29). The summed E-state index contributed by atoms with van der Waals surface area (Å²) >= 11 is 0. The maximum Gasteiger partial charge on any atom is 0.217 e. The van der Waals surface area contributed by atoms with Crippen LogP contribution in [-0.4, -0.2) is 60.0 Å². The molecule has 1 aromatic carbocycles. The summed E-state index contributed by atoms with van der Waals surface area (Å²) in [7, 11) is 4.88. The highest BCUT2D eigenvalue weighted by atomic mass is 16.5. The number of fused-ring (bicyclic) bond motifs is 1. The molecular weight excluding hydrogens is 410 g/mol. The SMILES string of the molecule is COc1ccc(CN2CCc3nnc(C(CC(C)C)NC(C)=O)n3CC2)c(OC)c1OC. The van der Waals surface area contributed by atoms with Gasteiger partial charge in [0.2, 0.25) is 11.7 Å². The van der Waals surface area contributed by atoms with Crippen LogP contribution in [0.5, 0.6) is 17.2 Å². The number of carbonyl (C=O) groups excluding carboxylic acids is 1. The van der Waals surface area contributed by atoms with Crippen LogP contribution in [0.25, 0.3) is 0 Å². The van der Waals surface area contributed by atoms with Gasteiger partial charge in [-0.2, -0.15) is 0 Å². The number of rotatable bonds is 9. The van der Waals surface area contributed by atoms with Crippen molar-refractivity contribution in [2.75, 3.05) is 34.4 Å². The Morgan fingerprint density at radius 1 is 1.06 bits per heavy atom. The highest BCUT2D eigenvalue weighted by molar-refractivity contribution is 5.73. The molecule has 1 aliphatic rings. The normalized spacial score (nSPS) is 15.1. The molecule has 3 rings (SSSR count). The number of benzene rings is 1. The number of carbonyl (C=O) groups is 1. The summed E-state index contributed by atoms with van der Waals surface area (Å²) in [4.78, 5) is 14.1. The molecule has 1 amide bonds. The van der Waals surface area contributed by atoms with Crippen LogP contribution < -0.4 is 19.5 Å². The molecule has 9 heteroatoms. The summed E-state index contributed by atoms with van der Waals surface area (Å²) in [6, 6.07) is 3.80. The molecule has 1 unspecified atom stereocenters. The molecule has 0 radical (unpaired) electrons. The van der Waals surface area contributed by atoms with Gasteiger partial charge in [0, 0.05) is 45.1 Å². The lowest BCUT2D eigenvalue weighted by Gasteiger charge is -2.23. The fourth-order valence-corrected chi connectivity index (χ4v) is 4.28. The molecule has 0 bridgehead atoms. The van der Waals surface area contributed by atoms with Crippen molar-refractivity contribution in [1.29, 1.82) is 0 Å². The second-order valence-corrected chi connectivity index (χ2v) is 8.53.